The average Bonchev–Trinajstić information content (AvgIpc) is 2.18. The van der Waals surface area contributed by atoms with Crippen LogP contribution in [-0.2, 0) is 0 Å². The average molecular weight is 210 g/mol. The molecule has 0 saturated carbocycles. The maximum atomic E-state index is 3.59. The molecule has 0 aromatic heterocycles. The zero-order valence-corrected chi connectivity index (χ0v) is 10.6. The van der Waals surface area contributed by atoms with Crippen molar-refractivity contribution in [3.8, 4) is 0 Å². The summed E-state index contributed by atoms with van der Waals surface area (Å²) in [6, 6.07) is 0. The van der Waals surface area contributed by atoms with Crippen molar-refractivity contribution in [2.45, 2.75) is 52.0 Å². The van der Waals surface area contributed by atoms with E-state index in [1.54, 1.807) is 0 Å². The molecule has 2 saturated heterocycles. The second-order valence-electron chi connectivity index (χ2n) is 6.48. The Bertz CT molecular complexity index is 206. The predicted molar refractivity (Wildman–Crippen MR) is 65.1 cm³/mol. The molecular weight excluding hydrogens is 184 g/mol. The quantitative estimate of drug-likeness (QED) is 0.660. The Hall–Kier alpha value is -0.0800. The molecule has 2 heteroatoms. The van der Waals surface area contributed by atoms with Crippen LogP contribution in [0.5, 0.6) is 0 Å². The Morgan fingerprint density at radius 2 is 1.87 bits per heavy atom. The lowest BCUT2D eigenvalue weighted by molar-refractivity contribution is 0.0118. The topological polar surface area (TPSA) is 15.3 Å². The van der Waals surface area contributed by atoms with Crippen molar-refractivity contribution >= 4 is 0 Å². The Balaban J connectivity index is 2.02. The summed E-state index contributed by atoms with van der Waals surface area (Å²) >= 11 is 0. The predicted octanol–water partition coefficient (Wildman–Crippen LogP) is 2.25. The highest BCUT2D eigenvalue weighted by Gasteiger charge is 2.39. The number of piperidine rings is 2. The van der Waals surface area contributed by atoms with E-state index in [0.717, 1.165) is 0 Å². The van der Waals surface area contributed by atoms with Gasteiger partial charge in [-0.25, -0.2) is 0 Å². The minimum Gasteiger partial charge on any atom is -0.316 e. The summed E-state index contributed by atoms with van der Waals surface area (Å²) in [5, 5.41) is 3.59. The van der Waals surface area contributed by atoms with Crippen LogP contribution < -0.4 is 5.32 Å². The highest BCUT2D eigenvalue weighted by molar-refractivity contribution is 4.94. The second-order valence-corrected chi connectivity index (χ2v) is 6.48. The Morgan fingerprint density at radius 1 is 1.13 bits per heavy atom. The molecule has 1 N–H and O–H groups in total. The molecule has 1 unspecified atom stereocenters. The van der Waals surface area contributed by atoms with Crippen LogP contribution in [0.3, 0.4) is 0 Å². The van der Waals surface area contributed by atoms with Gasteiger partial charge in [0.15, 0.2) is 0 Å². The van der Waals surface area contributed by atoms with Crippen LogP contribution in [0, 0.1) is 5.41 Å². The SMILES string of the molecule is CC(C)(C)N1CCCC2(CCCNC2)C1. The zero-order valence-electron chi connectivity index (χ0n) is 10.6. The first-order valence-corrected chi connectivity index (χ1v) is 6.48. The molecule has 2 fully saturated rings. The highest BCUT2D eigenvalue weighted by atomic mass is 15.2. The molecule has 1 spiro atoms. The third-order valence-corrected chi connectivity index (χ3v) is 4.17. The van der Waals surface area contributed by atoms with E-state index in [4.69, 9.17) is 0 Å². The summed E-state index contributed by atoms with van der Waals surface area (Å²) in [6.45, 7) is 12.1. The van der Waals surface area contributed by atoms with Crippen molar-refractivity contribution in [3.63, 3.8) is 0 Å². The first kappa shape index (κ1) is 11.4. The fourth-order valence-electron chi connectivity index (χ4n) is 3.16. The molecule has 0 bridgehead atoms. The Labute approximate surface area is 94.4 Å². The summed E-state index contributed by atoms with van der Waals surface area (Å²) in [6.07, 6.45) is 5.64. The smallest absolute Gasteiger partial charge is 0.0125 e. The van der Waals surface area contributed by atoms with Crippen LogP contribution in [0.15, 0.2) is 0 Å². The maximum absolute atomic E-state index is 3.59. The number of nitrogens with zero attached hydrogens (tertiary/aromatic N) is 1. The van der Waals surface area contributed by atoms with Crippen LogP contribution in [-0.4, -0.2) is 36.6 Å². The van der Waals surface area contributed by atoms with Gasteiger partial charge in [-0.2, -0.15) is 0 Å². The highest BCUT2D eigenvalue weighted by Crippen LogP contribution is 2.37. The van der Waals surface area contributed by atoms with E-state index < -0.39 is 0 Å². The number of hydrogen-bond donors (Lipinski definition) is 1. The van der Waals surface area contributed by atoms with Crippen molar-refractivity contribution in [3.05, 3.63) is 0 Å². The standard InChI is InChI=1S/C13H26N2/c1-12(2,3)15-9-5-7-13(11-15)6-4-8-14-10-13/h14H,4-11H2,1-3H3. The monoisotopic (exact) mass is 210 g/mol. The molecule has 0 aromatic rings. The number of hydrogen-bond acceptors (Lipinski definition) is 2. The molecule has 2 aliphatic heterocycles. The summed E-state index contributed by atoms with van der Waals surface area (Å²) in [5.74, 6) is 0. The molecule has 88 valence electrons. The lowest BCUT2D eigenvalue weighted by atomic mass is 9.73. The van der Waals surface area contributed by atoms with Gasteiger partial charge in [-0.3, -0.25) is 4.90 Å². The first-order chi connectivity index (χ1) is 7.02. The van der Waals surface area contributed by atoms with Gasteiger partial charge in [0.25, 0.3) is 0 Å². The molecule has 2 rings (SSSR count). The summed E-state index contributed by atoms with van der Waals surface area (Å²) in [7, 11) is 0. The normalized spacial score (nSPS) is 34.6. The first-order valence-electron chi connectivity index (χ1n) is 6.48. The van der Waals surface area contributed by atoms with Gasteiger partial charge in [-0.05, 0) is 65.0 Å². The van der Waals surface area contributed by atoms with E-state index in [1.165, 1.54) is 51.9 Å². The van der Waals surface area contributed by atoms with Gasteiger partial charge in [0.05, 0.1) is 0 Å². The van der Waals surface area contributed by atoms with Gasteiger partial charge in [-0.1, -0.05) is 0 Å². The molecule has 1 atom stereocenters. The van der Waals surface area contributed by atoms with Crippen molar-refractivity contribution in [1.82, 2.24) is 10.2 Å². The number of nitrogens with one attached hydrogen (secondary N) is 1. The lowest BCUT2D eigenvalue weighted by Crippen LogP contribution is -2.55. The van der Waals surface area contributed by atoms with Crippen LogP contribution in [0.2, 0.25) is 0 Å². The van der Waals surface area contributed by atoms with Gasteiger partial charge in [0, 0.05) is 18.6 Å². The molecule has 2 heterocycles. The summed E-state index contributed by atoms with van der Waals surface area (Å²) in [4.78, 5) is 2.68. The fourth-order valence-corrected chi connectivity index (χ4v) is 3.16. The van der Waals surface area contributed by atoms with Crippen LogP contribution in [0.4, 0.5) is 0 Å². The lowest BCUT2D eigenvalue weighted by Gasteiger charge is -2.49. The molecule has 0 aromatic carbocycles. The molecule has 15 heavy (non-hydrogen) atoms. The molecule has 0 aliphatic carbocycles. The van der Waals surface area contributed by atoms with Gasteiger partial charge in [0.1, 0.15) is 0 Å². The Kier molecular flexibility index (Phi) is 3.09. The van der Waals surface area contributed by atoms with Crippen molar-refractivity contribution in [2.75, 3.05) is 26.2 Å². The molecule has 2 aliphatic rings. The van der Waals surface area contributed by atoms with Gasteiger partial charge in [-0.15, -0.1) is 0 Å². The van der Waals surface area contributed by atoms with Crippen molar-refractivity contribution < 1.29 is 0 Å². The summed E-state index contributed by atoms with van der Waals surface area (Å²) < 4.78 is 0. The van der Waals surface area contributed by atoms with E-state index in [-0.39, 0.29) is 0 Å². The maximum Gasteiger partial charge on any atom is 0.0125 e. The third kappa shape index (κ3) is 2.54. The van der Waals surface area contributed by atoms with E-state index in [0.29, 0.717) is 11.0 Å². The van der Waals surface area contributed by atoms with Crippen LogP contribution >= 0.6 is 0 Å². The molecule has 0 amide bonds. The zero-order chi connectivity index (χ0) is 10.9. The van der Waals surface area contributed by atoms with E-state index in [2.05, 4.69) is 31.0 Å². The van der Waals surface area contributed by atoms with Crippen LogP contribution in [0.25, 0.3) is 0 Å². The third-order valence-electron chi connectivity index (χ3n) is 4.17. The van der Waals surface area contributed by atoms with E-state index >= 15 is 0 Å². The Morgan fingerprint density at radius 3 is 2.47 bits per heavy atom. The van der Waals surface area contributed by atoms with Gasteiger partial charge >= 0.3 is 0 Å². The summed E-state index contributed by atoms with van der Waals surface area (Å²) in [5.41, 5.74) is 0.953. The molecule has 2 nitrogen and oxygen atoms in total. The second kappa shape index (κ2) is 4.06. The van der Waals surface area contributed by atoms with Crippen molar-refractivity contribution in [1.29, 1.82) is 0 Å². The number of rotatable bonds is 0. The molecule has 0 radical (unpaired) electrons. The van der Waals surface area contributed by atoms with Crippen molar-refractivity contribution in [2.24, 2.45) is 5.41 Å². The largest absolute Gasteiger partial charge is 0.316 e. The number of likely N-dealkylation sites (tertiary alicyclic amines) is 1. The van der Waals surface area contributed by atoms with E-state index in [9.17, 15) is 0 Å². The minimum absolute atomic E-state index is 0.352. The van der Waals surface area contributed by atoms with Crippen LogP contribution in [0.1, 0.15) is 46.5 Å². The molecular formula is C13H26N2. The minimum atomic E-state index is 0.352. The van der Waals surface area contributed by atoms with E-state index in [1.807, 2.05) is 0 Å². The fraction of sp³-hybridized carbons (Fsp3) is 1.00. The van der Waals surface area contributed by atoms with Gasteiger partial charge < -0.3 is 5.32 Å². The van der Waals surface area contributed by atoms with Gasteiger partial charge in [0.2, 0.25) is 0 Å².